The molecule has 1 aliphatic heterocycles. The number of H-pyrrole nitrogens is 1. The Bertz CT molecular complexity index is 1250. The second kappa shape index (κ2) is 9.09. The van der Waals surface area contributed by atoms with Crippen molar-refractivity contribution in [1.82, 2.24) is 24.8 Å². The molecule has 0 bridgehead atoms. The molecule has 1 saturated heterocycles. The lowest BCUT2D eigenvalue weighted by Crippen LogP contribution is -2.43. The number of anilines is 2. The van der Waals surface area contributed by atoms with E-state index in [0.29, 0.717) is 17.3 Å². The van der Waals surface area contributed by atoms with Crippen molar-refractivity contribution >= 4 is 22.5 Å². The van der Waals surface area contributed by atoms with Crippen LogP contribution in [0.4, 0.5) is 11.5 Å². The lowest BCUT2D eigenvalue weighted by atomic mass is 10.1. The van der Waals surface area contributed by atoms with Gasteiger partial charge in [0.25, 0.3) is 0 Å². The molecule has 4 aromatic rings. The van der Waals surface area contributed by atoms with Gasteiger partial charge in [-0.1, -0.05) is 24.3 Å². The van der Waals surface area contributed by atoms with E-state index < -0.39 is 0 Å². The zero-order chi connectivity index (χ0) is 22.8. The Morgan fingerprint density at radius 3 is 2.55 bits per heavy atom. The molecule has 2 aromatic carbocycles. The molecule has 0 unspecified atom stereocenters. The van der Waals surface area contributed by atoms with Gasteiger partial charge in [-0.05, 0) is 36.4 Å². The van der Waals surface area contributed by atoms with Gasteiger partial charge in [-0.3, -0.25) is 4.90 Å². The zero-order valence-electron chi connectivity index (χ0n) is 18.9. The Labute approximate surface area is 192 Å². The fraction of sp³-hybridized carbons (Fsp3) is 0.280. The monoisotopic (exact) mass is 444 g/mol. The number of hydrogen-bond acceptors (Lipinski definition) is 7. The zero-order valence-corrected chi connectivity index (χ0v) is 18.9. The minimum atomic E-state index is 0.0687. The van der Waals surface area contributed by atoms with Crippen LogP contribution in [-0.4, -0.2) is 70.2 Å². The number of aromatic hydroxyl groups is 1. The number of aromatic nitrogens is 3. The fourth-order valence-corrected chi connectivity index (χ4v) is 4.15. The summed E-state index contributed by atoms with van der Waals surface area (Å²) in [5.74, 6) is 1.16. The molecule has 0 spiro atoms. The highest BCUT2D eigenvalue weighted by molar-refractivity contribution is 5.93. The van der Waals surface area contributed by atoms with Gasteiger partial charge < -0.3 is 25.0 Å². The molecule has 1 aliphatic rings. The molecule has 0 aliphatic carbocycles. The van der Waals surface area contributed by atoms with Crippen molar-refractivity contribution in [1.29, 1.82) is 0 Å². The van der Waals surface area contributed by atoms with Crippen molar-refractivity contribution in [2.45, 2.75) is 6.54 Å². The number of aromatic amines is 1. The molecule has 8 heteroatoms. The van der Waals surface area contributed by atoms with Crippen molar-refractivity contribution in [2.24, 2.45) is 0 Å². The number of nitrogens with zero attached hydrogens (tertiary/aromatic N) is 4. The van der Waals surface area contributed by atoms with Crippen LogP contribution >= 0.6 is 0 Å². The molecule has 33 heavy (non-hydrogen) atoms. The maximum atomic E-state index is 10.1. The largest absolute Gasteiger partial charge is 0.504 e. The van der Waals surface area contributed by atoms with Gasteiger partial charge in [-0.25, -0.2) is 9.97 Å². The molecule has 0 saturated carbocycles. The third-order valence-corrected chi connectivity index (χ3v) is 6.13. The van der Waals surface area contributed by atoms with Gasteiger partial charge in [0.1, 0.15) is 17.8 Å². The average molecular weight is 445 g/mol. The number of likely N-dealkylation sites (N-methyl/N-ethyl adjacent to an activating group) is 1. The van der Waals surface area contributed by atoms with E-state index in [1.165, 1.54) is 19.0 Å². The predicted octanol–water partition coefficient (Wildman–Crippen LogP) is 3.83. The van der Waals surface area contributed by atoms with Crippen molar-refractivity contribution < 1.29 is 9.84 Å². The van der Waals surface area contributed by atoms with E-state index in [9.17, 15) is 5.11 Å². The maximum absolute atomic E-state index is 10.1. The van der Waals surface area contributed by atoms with E-state index in [-0.39, 0.29) is 5.75 Å². The topological polar surface area (TPSA) is 89.5 Å². The first kappa shape index (κ1) is 21.2. The normalized spacial score (nSPS) is 15.1. The van der Waals surface area contributed by atoms with Crippen LogP contribution in [0.25, 0.3) is 22.3 Å². The van der Waals surface area contributed by atoms with Gasteiger partial charge in [-0.2, -0.15) is 0 Å². The first-order valence-corrected chi connectivity index (χ1v) is 11.1. The van der Waals surface area contributed by atoms with Crippen LogP contribution in [0, 0.1) is 0 Å². The third-order valence-electron chi connectivity index (χ3n) is 6.13. The summed E-state index contributed by atoms with van der Waals surface area (Å²) in [7, 11) is 3.70. The van der Waals surface area contributed by atoms with Gasteiger partial charge in [0, 0.05) is 50.2 Å². The second-order valence-corrected chi connectivity index (χ2v) is 8.46. The summed E-state index contributed by atoms with van der Waals surface area (Å²) >= 11 is 0. The van der Waals surface area contributed by atoms with Crippen molar-refractivity contribution in [3.8, 4) is 22.8 Å². The third kappa shape index (κ3) is 4.62. The second-order valence-electron chi connectivity index (χ2n) is 8.46. The summed E-state index contributed by atoms with van der Waals surface area (Å²) in [5.41, 5.74) is 4.87. The summed E-state index contributed by atoms with van der Waals surface area (Å²) < 4.78 is 5.11. The lowest BCUT2D eigenvalue weighted by Gasteiger charge is -2.32. The molecule has 2 aromatic heterocycles. The minimum absolute atomic E-state index is 0.0687. The number of fused-ring (bicyclic) bond motifs is 1. The molecule has 0 radical (unpaired) electrons. The Kier molecular flexibility index (Phi) is 5.85. The Hall–Kier alpha value is -3.62. The maximum Gasteiger partial charge on any atom is 0.160 e. The van der Waals surface area contributed by atoms with E-state index in [2.05, 4.69) is 67.4 Å². The molecular formula is C25H28N6O2. The smallest absolute Gasteiger partial charge is 0.160 e. The van der Waals surface area contributed by atoms with Crippen LogP contribution in [0.5, 0.6) is 11.5 Å². The number of phenolic OH excluding ortho intramolecular Hbond substituents is 1. The summed E-state index contributed by atoms with van der Waals surface area (Å²) in [6, 6.07) is 15.9. The summed E-state index contributed by atoms with van der Waals surface area (Å²) in [5, 5.41) is 14.2. The summed E-state index contributed by atoms with van der Waals surface area (Å²) in [6.07, 6.45) is 1.52. The van der Waals surface area contributed by atoms with Crippen LogP contribution in [-0.2, 0) is 6.54 Å². The van der Waals surface area contributed by atoms with E-state index in [1.54, 1.807) is 12.1 Å². The number of rotatable bonds is 6. The van der Waals surface area contributed by atoms with Gasteiger partial charge >= 0.3 is 0 Å². The molecule has 170 valence electrons. The molecule has 0 atom stereocenters. The van der Waals surface area contributed by atoms with Crippen LogP contribution in [0.2, 0.25) is 0 Å². The molecule has 3 heterocycles. The average Bonchev–Trinajstić information content (AvgIpc) is 3.27. The number of phenols is 1. The van der Waals surface area contributed by atoms with Crippen LogP contribution in [0.3, 0.4) is 0 Å². The van der Waals surface area contributed by atoms with Gasteiger partial charge in [-0.15, -0.1) is 0 Å². The molecule has 1 fully saturated rings. The molecular weight excluding hydrogens is 416 g/mol. The Balaban J connectivity index is 1.35. The first-order chi connectivity index (χ1) is 16.1. The quantitative estimate of drug-likeness (QED) is 0.416. The highest BCUT2D eigenvalue weighted by atomic mass is 16.5. The molecule has 3 N–H and O–H groups in total. The van der Waals surface area contributed by atoms with Crippen molar-refractivity contribution in [3.05, 3.63) is 60.4 Å². The SMILES string of the molecule is COc1ccc(Nc2ncnc3[nH]c(-c4ccc(CN5CCN(C)CC5)cc4)cc23)cc1O. The van der Waals surface area contributed by atoms with E-state index in [1.807, 2.05) is 6.07 Å². The van der Waals surface area contributed by atoms with Gasteiger partial charge in [0.2, 0.25) is 0 Å². The Morgan fingerprint density at radius 2 is 1.82 bits per heavy atom. The fourth-order valence-electron chi connectivity index (χ4n) is 4.15. The minimum Gasteiger partial charge on any atom is -0.504 e. The van der Waals surface area contributed by atoms with E-state index in [0.717, 1.165) is 55.0 Å². The highest BCUT2D eigenvalue weighted by Crippen LogP contribution is 2.32. The molecule has 0 amide bonds. The van der Waals surface area contributed by atoms with Crippen molar-refractivity contribution in [3.63, 3.8) is 0 Å². The Morgan fingerprint density at radius 1 is 1.03 bits per heavy atom. The number of piperazine rings is 1. The number of ether oxygens (including phenoxy) is 1. The van der Waals surface area contributed by atoms with E-state index >= 15 is 0 Å². The van der Waals surface area contributed by atoms with E-state index in [4.69, 9.17) is 4.74 Å². The van der Waals surface area contributed by atoms with Gasteiger partial charge in [0.15, 0.2) is 11.5 Å². The standard InChI is InChI=1S/C25H28N6O2/c1-30-9-11-31(12-10-30)15-17-3-5-18(6-4-17)21-14-20-24(26-16-27-25(20)29-21)28-19-7-8-23(33-2)22(32)13-19/h3-8,13-14,16,32H,9-12,15H2,1-2H3,(H2,26,27,28,29). The molecule has 8 nitrogen and oxygen atoms in total. The lowest BCUT2D eigenvalue weighted by molar-refractivity contribution is 0.148. The number of methoxy groups -OCH3 is 1. The van der Waals surface area contributed by atoms with Gasteiger partial charge in [0.05, 0.1) is 12.5 Å². The number of hydrogen-bond donors (Lipinski definition) is 3. The van der Waals surface area contributed by atoms with Crippen LogP contribution in [0.15, 0.2) is 54.9 Å². The summed E-state index contributed by atoms with van der Waals surface area (Å²) in [4.78, 5) is 17.1. The van der Waals surface area contributed by atoms with Crippen LogP contribution < -0.4 is 10.1 Å². The summed E-state index contributed by atoms with van der Waals surface area (Å²) in [6.45, 7) is 5.46. The van der Waals surface area contributed by atoms with Crippen molar-refractivity contribution in [2.75, 3.05) is 45.7 Å². The number of nitrogens with one attached hydrogen (secondary N) is 2. The first-order valence-electron chi connectivity index (χ1n) is 11.1. The highest BCUT2D eigenvalue weighted by Gasteiger charge is 2.14. The molecule has 5 rings (SSSR count). The predicted molar refractivity (Wildman–Crippen MR) is 130 cm³/mol. The number of benzene rings is 2. The van der Waals surface area contributed by atoms with Crippen LogP contribution in [0.1, 0.15) is 5.56 Å².